The van der Waals surface area contributed by atoms with E-state index in [1.54, 1.807) is 18.2 Å². The van der Waals surface area contributed by atoms with Crippen LogP contribution < -0.4 is 4.74 Å². The summed E-state index contributed by atoms with van der Waals surface area (Å²) in [5.41, 5.74) is 0.143. The van der Waals surface area contributed by atoms with Crippen molar-refractivity contribution in [1.82, 2.24) is 0 Å². The maximum atomic E-state index is 11.7. The van der Waals surface area contributed by atoms with Gasteiger partial charge in [-0.15, -0.1) is 0 Å². The summed E-state index contributed by atoms with van der Waals surface area (Å²) in [6.07, 6.45) is 5.37. The topological polar surface area (TPSA) is 80.3 Å². The quantitative estimate of drug-likeness (QED) is 0.258. The summed E-state index contributed by atoms with van der Waals surface area (Å²) in [4.78, 5) is 31.5. The van der Waals surface area contributed by atoms with Crippen LogP contribution in [0.4, 0.5) is 4.79 Å². The Kier molecular flexibility index (Phi) is 10.0. The summed E-state index contributed by atoms with van der Waals surface area (Å²) in [7, 11) is 1.42. The van der Waals surface area contributed by atoms with Crippen LogP contribution in [0, 0.1) is 0 Å². The second kappa shape index (κ2) is 12.2. The van der Waals surface area contributed by atoms with E-state index < -0.39 is 12.1 Å². The van der Waals surface area contributed by atoms with E-state index in [2.05, 4.69) is 21.7 Å². The summed E-state index contributed by atoms with van der Waals surface area (Å²) in [6.45, 7) is 2.38. The van der Waals surface area contributed by atoms with Crippen molar-refractivity contribution in [3.8, 4) is 5.75 Å². The van der Waals surface area contributed by atoms with Crippen molar-refractivity contribution in [1.29, 1.82) is 0 Å². The molecular formula is C17H24O7. The Morgan fingerprint density at radius 3 is 2.42 bits per heavy atom. The highest BCUT2D eigenvalue weighted by Gasteiger charge is 2.16. The number of ether oxygens (including phenoxy) is 2. The number of unbranched alkanes of at least 4 members (excludes halogenated alkanes) is 5. The molecule has 1 aromatic carbocycles. The summed E-state index contributed by atoms with van der Waals surface area (Å²) in [5, 5.41) is 4.14. The molecule has 0 saturated carbocycles. The summed E-state index contributed by atoms with van der Waals surface area (Å²) in [5.74, 6) is -0.534. The highest BCUT2D eigenvalue weighted by atomic mass is 17.5. The average Bonchev–Trinajstić information content (AvgIpc) is 2.60. The number of para-hydroxylation sites is 1. The van der Waals surface area contributed by atoms with Gasteiger partial charge >= 0.3 is 12.1 Å². The zero-order chi connectivity index (χ0) is 17.6. The fourth-order valence-corrected chi connectivity index (χ4v) is 2.00. The van der Waals surface area contributed by atoms with Gasteiger partial charge in [0.05, 0.1) is 18.8 Å². The fourth-order valence-electron chi connectivity index (χ4n) is 2.00. The number of hydrogen-bond donors (Lipinski definition) is 0. The zero-order valence-electron chi connectivity index (χ0n) is 14.1. The minimum absolute atomic E-state index is 0.143. The van der Waals surface area contributed by atoms with Gasteiger partial charge in [0.25, 0.3) is 0 Å². The van der Waals surface area contributed by atoms with E-state index in [1.165, 1.54) is 32.4 Å². The first kappa shape index (κ1) is 19.8. The van der Waals surface area contributed by atoms with E-state index in [9.17, 15) is 9.59 Å². The van der Waals surface area contributed by atoms with Crippen molar-refractivity contribution in [2.75, 3.05) is 13.7 Å². The van der Waals surface area contributed by atoms with E-state index in [-0.39, 0.29) is 12.2 Å². The van der Waals surface area contributed by atoms with Crippen molar-refractivity contribution >= 4 is 12.1 Å². The molecule has 7 heteroatoms. The van der Waals surface area contributed by atoms with Crippen LogP contribution in [0.5, 0.6) is 5.75 Å². The molecule has 0 radical (unpaired) electrons. The molecule has 0 aliphatic carbocycles. The molecule has 0 saturated heterocycles. The Morgan fingerprint density at radius 2 is 1.67 bits per heavy atom. The summed E-state index contributed by atoms with van der Waals surface area (Å²) in [6, 6.07) is 6.41. The van der Waals surface area contributed by atoms with E-state index in [4.69, 9.17) is 9.47 Å². The number of hydrogen-bond acceptors (Lipinski definition) is 7. The lowest BCUT2D eigenvalue weighted by atomic mass is 10.1. The molecule has 0 fully saturated rings. The third-order valence-electron chi connectivity index (χ3n) is 3.26. The number of rotatable bonds is 11. The van der Waals surface area contributed by atoms with Gasteiger partial charge in [-0.05, 0) is 18.6 Å². The molecular weight excluding hydrogens is 316 g/mol. The van der Waals surface area contributed by atoms with Gasteiger partial charge in [-0.2, -0.15) is 0 Å². The van der Waals surface area contributed by atoms with Gasteiger partial charge in [-0.1, -0.05) is 51.2 Å². The lowest BCUT2D eigenvalue weighted by molar-refractivity contribution is -0.452. The number of carbonyl (C=O) groups excluding carboxylic acids is 2. The highest BCUT2D eigenvalue weighted by Crippen LogP contribution is 2.18. The number of carbonyl (C=O) groups is 2. The molecule has 0 unspecified atom stereocenters. The summed E-state index contributed by atoms with van der Waals surface area (Å²) < 4.78 is 9.78. The lowest BCUT2D eigenvalue weighted by Crippen LogP contribution is -2.13. The van der Waals surface area contributed by atoms with Crippen LogP contribution in [0.15, 0.2) is 24.3 Å². The first-order valence-corrected chi connectivity index (χ1v) is 8.04. The predicted molar refractivity (Wildman–Crippen MR) is 85.3 cm³/mol. The van der Waals surface area contributed by atoms with Crippen molar-refractivity contribution in [2.45, 2.75) is 45.4 Å². The van der Waals surface area contributed by atoms with Crippen molar-refractivity contribution in [3.63, 3.8) is 0 Å². The Morgan fingerprint density at radius 1 is 0.958 bits per heavy atom. The van der Waals surface area contributed by atoms with Gasteiger partial charge in [0.1, 0.15) is 11.3 Å². The van der Waals surface area contributed by atoms with Crippen LogP contribution in [0.3, 0.4) is 0 Å². The molecule has 1 rings (SSSR count). The fraction of sp³-hybridized carbons (Fsp3) is 0.529. The molecule has 0 aliphatic heterocycles. The Balaban J connectivity index is 2.13. The molecule has 0 spiro atoms. The molecule has 0 aliphatic rings. The van der Waals surface area contributed by atoms with Crippen LogP contribution in [0.2, 0.25) is 0 Å². The zero-order valence-corrected chi connectivity index (χ0v) is 14.1. The van der Waals surface area contributed by atoms with E-state index in [1.807, 2.05) is 0 Å². The second-order valence-electron chi connectivity index (χ2n) is 5.09. The van der Waals surface area contributed by atoms with Gasteiger partial charge in [0.15, 0.2) is 0 Å². The van der Waals surface area contributed by atoms with E-state index in [0.29, 0.717) is 5.75 Å². The molecule has 0 bridgehead atoms. The molecule has 0 amide bonds. The van der Waals surface area contributed by atoms with Gasteiger partial charge < -0.3 is 9.47 Å². The Labute approximate surface area is 141 Å². The third-order valence-corrected chi connectivity index (χ3v) is 3.26. The molecule has 7 nitrogen and oxygen atoms in total. The van der Waals surface area contributed by atoms with Crippen LogP contribution in [0.25, 0.3) is 0 Å². The lowest BCUT2D eigenvalue weighted by Gasteiger charge is -2.06. The Bertz CT molecular complexity index is 501. The summed E-state index contributed by atoms with van der Waals surface area (Å²) >= 11 is 0. The normalized spacial score (nSPS) is 10.1. The maximum Gasteiger partial charge on any atom is 0.543 e. The molecule has 0 N–H and O–H groups in total. The van der Waals surface area contributed by atoms with Crippen molar-refractivity contribution in [2.24, 2.45) is 0 Å². The smallest absolute Gasteiger partial charge is 0.496 e. The minimum atomic E-state index is -1.06. The second-order valence-corrected chi connectivity index (χ2v) is 5.09. The van der Waals surface area contributed by atoms with Gasteiger partial charge in [-0.3, -0.25) is 4.89 Å². The molecule has 0 heterocycles. The average molecular weight is 340 g/mol. The van der Waals surface area contributed by atoms with Gasteiger partial charge in [-0.25, -0.2) is 14.5 Å². The minimum Gasteiger partial charge on any atom is -0.496 e. The molecule has 134 valence electrons. The standard InChI is InChI=1S/C17H24O7/c1-3-4-5-6-7-10-13-21-17(19)23-24-22-16(18)14-11-8-9-12-15(14)20-2/h8-9,11-12H,3-7,10,13H2,1-2H3. The van der Waals surface area contributed by atoms with Crippen LogP contribution in [-0.4, -0.2) is 25.8 Å². The van der Waals surface area contributed by atoms with Crippen LogP contribution in [0.1, 0.15) is 55.8 Å². The van der Waals surface area contributed by atoms with Crippen LogP contribution in [-0.2, 0) is 19.6 Å². The molecule has 0 aromatic heterocycles. The van der Waals surface area contributed by atoms with E-state index in [0.717, 1.165) is 19.3 Å². The predicted octanol–water partition coefficient (Wildman–Crippen LogP) is 4.21. The van der Waals surface area contributed by atoms with Crippen LogP contribution >= 0.6 is 0 Å². The number of benzene rings is 1. The highest BCUT2D eigenvalue weighted by molar-refractivity contribution is 5.92. The monoisotopic (exact) mass is 340 g/mol. The Hall–Kier alpha value is -2.28. The number of methoxy groups -OCH3 is 1. The largest absolute Gasteiger partial charge is 0.543 e. The van der Waals surface area contributed by atoms with Crippen molar-refractivity contribution < 1.29 is 33.9 Å². The first-order valence-electron chi connectivity index (χ1n) is 8.04. The third kappa shape index (κ3) is 7.82. The SMILES string of the molecule is CCCCCCCCOC(=O)OOOC(=O)c1ccccc1OC. The van der Waals surface area contributed by atoms with Gasteiger partial charge in [0, 0.05) is 0 Å². The van der Waals surface area contributed by atoms with Gasteiger partial charge in [0.2, 0.25) is 0 Å². The molecule has 1 aromatic rings. The molecule has 24 heavy (non-hydrogen) atoms. The maximum absolute atomic E-state index is 11.7. The first-order chi connectivity index (χ1) is 11.7. The molecule has 0 atom stereocenters. The van der Waals surface area contributed by atoms with Crippen molar-refractivity contribution in [3.05, 3.63) is 29.8 Å². The van der Waals surface area contributed by atoms with E-state index >= 15 is 0 Å².